The topological polar surface area (TPSA) is 66.8 Å². The number of ether oxygens (including phenoxy) is 1. The highest BCUT2D eigenvalue weighted by Gasteiger charge is 2.45. The number of hydrogen-bond acceptors (Lipinski definition) is 4. The van der Waals surface area contributed by atoms with E-state index in [0.29, 0.717) is 39.9 Å². The number of aryl methyl sites for hydroxylation is 1. The van der Waals surface area contributed by atoms with Crippen molar-refractivity contribution in [2.24, 2.45) is 0 Å². The van der Waals surface area contributed by atoms with Gasteiger partial charge in [0.05, 0.1) is 27.8 Å². The van der Waals surface area contributed by atoms with Crippen molar-refractivity contribution in [1.82, 2.24) is 4.90 Å². The average Bonchev–Trinajstić information content (AvgIpc) is 2.96. The second-order valence-electron chi connectivity index (χ2n) is 7.81. The van der Waals surface area contributed by atoms with Gasteiger partial charge in [-0.3, -0.25) is 9.59 Å². The Balaban J connectivity index is 2.15. The molecule has 1 saturated heterocycles. The molecule has 1 aliphatic rings. The summed E-state index contributed by atoms with van der Waals surface area (Å²) in [7, 11) is 0. The molecule has 2 aromatic rings. The van der Waals surface area contributed by atoms with Gasteiger partial charge in [0.15, 0.2) is 0 Å². The zero-order chi connectivity index (χ0) is 22.9. The minimum atomic E-state index is -0.749. The first-order valence-corrected chi connectivity index (χ1v) is 10.9. The molecule has 0 aliphatic carbocycles. The SMILES string of the molecule is CCCN1C(=O)C(=O)/C(=C(\O)c2ccc(OC(C)C)c(C)c2)C1c1ccc(Cl)c(Cl)c1. The van der Waals surface area contributed by atoms with Crippen LogP contribution in [0.5, 0.6) is 5.75 Å². The molecular formula is C24H25Cl2NO4. The number of nitrogens with zero attached hydrogens (tertiary/aromatic N) is 1. The van der Waals surface area contributed by atoms with Crippen molar-refractivity contribution in [3.63, 3.8) is 0 Å². The monoisotopic (exact) mass is 461 g/mol. The van der Waals surface area contributed by atoms with Gasteiger partial charge in [0.2, 0.25) is 0 Å². The predicted molar refractivity (Wildman–Crippen MR) is 123 cm³/mol. The van der Waals surface area contributed by atoms with Crippen molar-refractivity contribution >= 4 is 40.7 Å². The van der Waals surface area contributed by atoms with E-state index < -0.39 is 17.7 Å². The summed E-state index contributed by atoms with van der Waals surface area (Å²) in [4.78, 5) is 27.2. The molecular weight excluding hydrogens is 437 g/mol. The Morgan fingerprint density at radius 3 is 2.42 bits per heavy atom. The second-order valence-corrected chi connectivity index (χ2v) is 8.63. The highest BCUT2D eigenvalue weighted by molar-refractivity contribution is 6.46. The molecule has 1 aliphatic heterocycles. The zero-order valence-electron chi connectivity index (χ0n) is 17.9. The minimum Gasteiger partial charge on any atom is -0.507 e. The molecule has 1 unspecified atom stereocenters. The molecule has 164 valence electrons. The molecule has 0 spiro atoms. The van der Waals surface area contributed by atoms with Gasteiger partial charge in [0.25, 0.3) is 11.7 Å². The number of benzene rings is 2. The number of carbonyl (C=O) groups is 2. The maximum Gasteiger partial charge on any atom is 0.295 e. The Bertz CT molecular complexity index is 1060. The Hall–Kier alpha value is -2.50. The van der Waals surface area contributed by atoms with Crippen LogP contribution >= 0.6 is 23.2 Å². The molecule has 1 atom stereocenters. The lowest BCUT2D eigenvalue weighted by atomic mass is 9.94. The molecule has 2 aromatic carbocycles. The molecule has 7 heteroatoms. The van der Waals surface area contributed by atoms with E-state index in [-0.39, 0.29) is 17.4 Å². The van der Waals surface area contributed by atoms with Crippen LogP contribution in [-0.4, -0.2) is 34.3 Å². The fourth-order valence-corrected chi connectivity index (χ4v) is 4.03. The van der Waals surface area contributed by atoms with Crippen molar-refractivity contribution < 1.29 is 19.4 Å². The first-order valence-electron chi connectivity index (χ1n) is 10.2. The summed E-state index contributed by atoms with van der Waals surface area (Å²) in [6, 6.07) is 9.38. The third-order valence-corrected chi connectivity index (χ3v) is 5.81. The van der Waals surface area contributed by atoms with Gasteiger partial charge in [-0.2, -0.15) is 0 Å². The molecule has 3 rings (SSSR count). The van der Waals surface area contributed by atoms with Crippen LogP contribution in [0, 0.1) is 6.92 Å². The molecule has 0 radical (unpaired) electrons. The minimum absolute atomic E-state index is 0.00664. The highest BCUT2D eigenvalue weighted by atomic mass is 35.5. The quantitative estimate of drug-likeness (QED) is 0.329. The highest BCUT2D eigenvalue weighted by Crippen LogP contribution is 2.41. The van der Waals surface area contributed by atoms with Gasteiger partial charge in [0, 0.05) is 12.1 Å². The standard InChI is InChI=1S/C24H25Cl2NO4/c1-5-10-27-21(15-6-8-17(25)18(26)12-15)20(23(29)24(27)30)22(28)16-7-9-19(14(4)11-16)31-13(2)3/h6-9,11-13,21,28H,5,10H2,1-4H3/b22-20-. The Labute approximate surface area is 192 Å². The molecule has 1 N–H and O–H groups in total. The van der Waals surface area contributed by atoms with E-state index in [4.69, 9.17) is 27.9 Å². The van der Waals surface area contributed by atoms with Crippen LogP contribution in [0.15, 0.2) is 42.0 Å². The average molecular weight is 462 g/mol. The number of aliphatic hydroxyl groups is 1. The van der Waals surface area contributed by atoms with E-state index in [1.165, 1.54) is 4.90 Å². The largest absolute Gasteiger partial charge is 0.507 e. The summed E-state index contributed by atoms with van der Waals surface area (Å²) in [5, 5.41) is 11.8. The lowest BCUT2D eigenvalue weighted by molar-refractivity contribution is -0.139. The maximum atomic E-state index is 12.9. The summed E-state index contributed by atoms with van der Waals surface area (Å²) in [5.41, 5.74) is 1.90. The molecule has 1 fully saturated rings. The third-order valence-electron chi connectivity index (χ3n) is 5.07. The van der Waals surface area contributed by atoms with Crippen molar-refractivity contribution in [3.05, 3.63) is 68.7 Å². The van der Waals surface area contributed by atoms with E-state index >= 15 is 0 Å². The van der Waals surface area contributed by atoms with Crippen LogP contribution in [0.3, 0.4) is 0 Å². The molecule has 0 bridgehead atoms. The van der Waals surface area contributed by atoms with Gasteiger partial charge in [-0.1, -0.05) is 36.2 Å². The van der Waals surface area contributed by atoms with Gasteiger partial charge in [-0.25, -0.2) is 0 Å². The Morgan fingerprint density at radius 1 is 1.13 bits per heavy atom. The normalized spacial score (nSPS) is 18.2. The number of hydrogen-bond donors (Lipinski definition) is 1. The summed E-state index contributed by atoms with van der Waals surface area (Å²) in [6.45, 7) is 8.01. The van der Waals surface area contributed by atoms with Crippen LogP contribution < -0.4 is 4.74 Å². The van der Waals surface area contributed by atoms with Gasteiger partial charge in [-0.05, 0) is 68.7 Å². The number of halogens is 2. The first-order chi connectivity index (χ1) is 14.6. The van der Waals surface area contributed by atoms with Crippen LogP contribution in [0.2, 0.25) is 10.0 Å². The van der Waals surface area contributed by atoms with Crippen molar-refractivity contribution in [2.45, 2.75) is 46.3 Å². The number of carbonyl (C=O) groups excluding carboxylic acids is 2. The first kappa shape index (κ1) is 23.2. The molecule has 1 amide bonds. The van der Waals surface area contributed by atoms with E-state index in [1.807, 2.05) is 27.7 Å². The van der Waals surface area contributed by atoms with Gasteiger partial charge < -0.3 is 14.7 Å². The lowest BCUT2D eigenvalue weighted by Crippen LogP contribution is -2.30. The summed E-state index contributed by atoms with van der Waals surface area (Å²) >= 11 is 12.3. The third kappa shape index (κ3) is 4.58. The van der Waals surface area contributed by atoms with Gasteiger partial charge >= 0.3 is 0 Å². The molecule has 5 nitrogen and oxygen atoms in total. The van der Waals surface area contributed by atoms with Crippen LogP contribution in [0.4, 0.5) is 0 Å². The number of rotatable bonds is 6. The van der Waals surface area contributed by atoms with Gasteiger partial charge in [-0.15, -0.1) is 0 Å². The Morgan fingerprint density at radius 2 is 1.84 bits per heavy atom. The number of likely N-dealkylation sites (tertiary alicyclic amines) is 1. The Kier molecular flexibility index (Phi) is 6.97. The molecule has 1 heterocycles. The van der Waals surface area contributed by atoms with Crippen LogP contribution in [0.25, 0.3) is 5.76 Å². The van der Waals surface area contributed by atoms with E-state index in [1.54, 1.807) is 36.4 Å². The summed E-state index contributed by atoms with van der Waals surface area (Å²) in [5.74, 6) is -0.899. The van der Waals surface area contributed by atoms with E-state index in [9.17, 15) is 14.7 Å². The summed E-state index contributed by atoms with van der Waals surface area (Å²) < 4.78 is 5.75. The van der Waals surface area contributed by atoms with Crippen molar-refractivity contribution in [2.75, 3.05) is 6.54 Å². The van der Waals surface area contributed by atoms with Crippen molar-refractivity contribution in [3.8, 4) is 5.75 Å². The number of amides is 1. The fourth-order valence-electron chi connectivity index (χ4n) is 3.72. The maximum absolute atomic E-state index is 12.9. The van der Waals surface area contributed by atoms with E-state index in [0.717, 1.165) is 5.56 Å². The van der Waals surface area contributed by atoms with E-state index in [2.05, 4.69) is 0 Å². The van der Waals surface area contributed by atoms with Crippen molar-refractivity contribution in [1.29, 1.82) is 0 Å². The molecule has 31 heavy (non-hydrogen) atoms. The smallest absolute Gasteiger partial charge is 0.295 e. The molecule has 0 saturated carbocycles. The lowest BCUT2D eigenvalue weighted by Gasteiger charge is -2.25. The zero-order valence-corrected chi connectivity index (χ0v) is 19.4. The van der Waals surface area contributed by atoms with Crippen LogP contribution in [0.1, 0.15) is 49.9 Å². The number of ketones is 1. The number of Topliss-reactive ketones (excluding diaryl/α,β-unsaturated/α-hetero) is 1. The second kappa shape index (κ2) is 9.33. The molecule has 0 aromatic heterocycles. The van der Waals surface area contributed by atoms with Gasteiger partial charge in [0.1, 0.15) is 11.5 Å². The number of aliphatic hydroxyl groups excluding tert-OH is 1. The predicted octanol–water partition coefficient (Wildman–Crippen LogP) is 5.92. The van der Waals surface area contributed by atoms with Crippen LogP contribution in [-0.2, 0) is 9.59 Å². The summed E-state index contributed by atoms with van der Waals surface area (Å²) in [6.07, 6.45) is 0.665. The fraction of sp³-hybridized carbons (Fsp3) is 0.333.